The normalized spacial score (nSPS) is 20.4. The first-order chi connectivity index (χ1) is 11.7. The van der Waals surface area contributed by atoms with Crippen LogP contribution in [0, 0.1) is 0 Å². The smallest absolute Gasteiger partial charge is 0.223 e. The van der Waals surface area contributed by atoms with Gasteiger partial charge in [0.15, 0.2) is 5.79 Å². The Kier molecular flexibility index (Phi) is 5.81. The van der Waals surface area contributed by atoms with Crippen molar-refractivity contribution in [2.24, 2.45) is 0 Å². The van der Waals surface area contributed by atoms with Gasteiger partial charge in [0, 0.05) is 64.9 Å². The molecule has 0 atom stereocenters. The number of aromatic nitrogens is 1. The van der Waals surface area contributed by atoms with E-state index >= 15 is 0 Å². The highest BCUT2D eigenvalue weighted by atomic mass is 16.7. The summed E-state index contributed by atoms with van der Waals surface area (Å²) in [5.74, 6) is -0.125. The fourth-order valence-corrected chi connectivity index (χ4v) is 3.32. The Morgan fingerprint density at radius 3 is 2.58 bits per heavy atom. The van der Waals surface area contributed by atoms with Crippen LogP contribution >= 0.6 is 0 Å². The van der Waals surface area contributed by atoms with Crippen LogP contribution in [0.4, 0.5) is 0 Å². The SMILES string of the molecule is CN(CCc1ccncc1)C(=O)CCN1CCC2(CC1)OCCO2. The Labute approximate surface area is 143 Å². The highest BCUT2D eigenvalue weighted by Crippen LogP contribution is 2.31. The molecule has 6 heteroatoms. The zero-order chi connectivity index (χ0) is 16.8. The molecule has 3 rings (SSSR count). The van der Waals surface area contributed by atoms with Crippen molar-refractivity contribution in [2.75, 3.05) is 46.4 Å². The number of carbonyl (C=O) groups excluding carboxylic acids is 1. The summed E-state index contributed by atoms with van der Waals surface area (Å²) in [6.45, 7) is 4.85. The van der Waals surface area contributed by atoms with E-state index in [1.165, 1.54) is 5.56 Å². The summed E-state index contributed by atoms with van der Waals surface area (Å²) in [5.41, 5.74) is 1.21. The second kappa shape index (κ2) is 8.05. The van der Waals surface area contributed by atoms with Crippen LogP contribution in [-0.2, 0) is 20.7 Å². The molecule has 2 fully saturated rings. The van der Waals surface area contributed by atoms with E-state index in [0.717, 1.165) is 45.4 Å². The summed E-state index contributed by atoms with van der Waals surface area (Å²) < 4.78 is 11.5. The minimum Gasteiger partial charge on any atom is -0.347 e. The maximum atomic E-state index is 12.3. The number of hydrogen-bond donors (Lipinski definition) is 0. The van der Waals surface area contributed by atoms with E-state index in [0.29, 0.717) is 19.6 Å². The van der Waals surface area contributed by atoms with Crippen LogP contribution in [0.15, 0.2) is 24.5 Å². The molecule has 0 bridgehead atoms. The largest absolute Gasteiger partial charge is 0.347 e. The topological polar surface area (TPSA) is 54.9 Å². The predicted molar refractivity (Wildman–Crippen MR) is 90.5 cm³/mol. The van der Waals surface area contributed by atoms with Crippen LogP contribution in [0.1, 0.15) is 24.8 Å². The fraction of sp³-hybridized carbons (Fsp3) is 0.667. The summed E-state index contributed by atoms with van der Waals surface area (Å²) in [4.78, 5) is 20.5. The predicted octanol–water partition coefficient (Wildman–Crippen LogP) is 1.31. The van der Waals surface area contributed by atoms with Crippen molar-refractivity contribution < 1.29 is 14.3 Å². The molecule has 0 aromatic carbocycles. The van der Waals surface area contributed by atoms with Crippen LogP contribution in [0.3, 0.4) is 0 Å². The van der Waals surface area contributed by atoms with Crippen molar-refractivity contribution >= 4 is 5.91 Å². The highest BCUT2D eigenvalue weighted by molar-refractivity contribution is 5.76. The minimum absolute atomic E-state index is 0.206. The average Bonchev–Trinajstić information content (AvgIpc) is 3.08. The van der Waals surface area contributed by atoms with E-state index in [4.69, 9.17) is 9.47 Å². The van der Waals surface area contributed by atoms with Gasteiger partial charge in [-0.05, 0) is 24.1 Å². The molecule has 24 heavy (non-hydrogen) atoms. The molecule has 0 aliphatic carbocycles. The van der Waals surface area contributed by atoms with Gasteiger partial charge in [0.2, 0.25) is 5.91 Å². The molecule has 0 saturated carbocycles. The number of carbonyl (C=O) groups is 1. The lowest BCUT2D eigenvalue weighted by atomic mass is 10.0. The molecule has 0 radical (unpaired) electrons. The Bertz CT molecular complexity index is 522. The molecule has 2 aliphatic heterocycles. The maximum absolute atomic E-state index is 12.3. The van der Waals surface area contributed by atoms with Crippen LogP contribution in [0.25, 0.3) is 0 Å². The van der Waals surface area contributed by atoms with Gasteiger partial charge in [-0.15, -0.1) is 0 Å². The van der Waals surface area contributed by atoms with E-state index in [1.54, 1.807) is 12.4 Å². The van der Waals surface area contributed by atoms with Gasteiger partial charge in [0.05, 0.1) is 13.2 Å². The van der Waals surface area contributed by atoms with Crippen molar-refractivity contribution in [1.82, 2.24) is 14.8 Å². The van der Waals surface area contributed by atoms with Gasteiger partial charge in [-0.3, -0.25) is 9.78 Å². The molecule has 1 spiro atoms. The Morgan fingerprint density at radius 2 is 1.92 bits per heavy atom. The van der Waals surface area contributed by atoms with E-state index < -0.39 is 0 Å². The molecular formula is C18H27N3O3. The average molecular weight is 333 g/mol. The van der Waals surface area contributed by atoms with Gasteiger partial charge in [-0.2, -0.15) is 0 Å². The number of rotatable bonds is 6. The maximum Gasteiger partial charge on any atom is 0.223 e. The standard InChI is InChI=1S/C18H27N3O3/c1-20(10-4-16-2-8-19-9-3-16)17(22)5-11-21-12-6-18(7-13-21)23-14-15-24-18/h2-3,8-9H,4-7,10-15H2,1H3. The number of likely N-dealkylation sites (N-methyl/N-ethyl adjacent to an activating group) is 1. The highest BCUT2D eigenvalue weighted by Gasteiger charge is 2.39. The molecule has 1 amide bonds. The van der Waals surface area contributed by atoms with E-state index in [-0.39, 0.29) is 11.7 Å². The summed E-state index contributed by atoms with van der Waals surface area (Å²) in [6.07, 6.45) is 6.82. The number of amides is 1. The van der Waals surface area contributed by atoms with Crippen molar-refractivity contribution in [1.29, 1.82) is 0 Å². The van der Waals surface area contributed by atoms with E-state index in [2.05, 4.69) is 9.88 Å². The molecule has 0 N–H and O–H groups in total. The van der Waals surface area contributed by atoms with E-state index in [9.17, 15) is 4.79 Å². The Hall–Kier alpha value is -1.50. The molecule has 132 valence electrons. The van der Waals surface area contributed by atoms with Crippen LogP contribution in [0.5, 0.6) is 0 Å². The molecular weight excluding hydrogens is 306 g/mol. The van der Waals surface area contributed by atoms with Gasteiger partial charge >= 0.3 is 0 Å². The lowest BCUT2D eigenvalue weighted by Crippen LogP contribution is -2.46. The first-order valence-corrected chi connectivity index (χ1v) is 8.80. The van der Waals surface area contributed by atoms with Crippen LogP contribution in [0.2, 0.25) is 0 Å². The van der Waals surface area contributed by atoms with Crippen molar-refractivity contribution in [3.05, 3.63) is 30.1 Å². The minimum atomic E-state index is -0.332. The summed E-state index contributed by atoms with van der Waals surface area (Å²) in [5, 5.41) is 0. The van der Waals surface area contributed by atoms with Crippen LogP contribution in [-0.4, -0.2) is 72.9 Å². The molecule has 6 nitrogen and oxygen atoms in total. The number of piperidine rings is 1. The van der Waals surface area contributed by atoms with Gasteiger partial charge < -0.3 is 19.3 Å². The lowest BCUT2D eigenvalue weighted by Gasteiger charge is -2.37. The zero-order valence-electron chi connectivity index (χ0n) is 14.4. The Morgan fingerprint density at radius 1 is 1.25 bits per heavy atom. The zero-order valence-corrected chi connectivity index (χ0v) is 14.4. The second-order valence-corrected chi connectivity index (χ2v) is 6.62. The molecule has 2 aliphatic rings. The summed E-state index contributed by atoms with van der Waals surface area (Å²) >= 11 is 0. The number of nitrogens with zero attached hydrogens (tertiary/aromatic N) is 3. The van der Waals surface area contributed by atoms with Gasteiger partial charge in [-0.25, -0.2) is 0 Å². The molecule has 3 heterocycles. The van der Waals surface area contributed by atoms with Crippen molar-refractivity contribution in [2.45, 2.75) is 31.5 Å². The number of ether oxygens (including phenoxy) is 2. The third-order valence-electron chi connectivity index (χ3n) is 4.98. The number of hydrogen-bond acceptors (Lipinski definition) is 5. The third kappa shape index (κ3) is 4.53. The Balaban J connectivity index is 1.35. The van der Waals surface area contributed by atoms with Crippen molar-refractivity contribution in [3.63, 3.8) is 0 Å². The molecule has 1 aromatic heterocycles. The van der Waals surface area contributed by atoms with Gasteiger partial charge in [0.1, 0.15) is 0 Å². The van der Waals surface area contributed by atoms with Gasteiger partial charge in [0.25, 0.3) is 0 Å². The summed E-state index contributed by atoms with van der Waals surface area (Å²) in [7, 11) is 1.88. The number of likely N-dealkylation sites (tertiary alicyclic amines) is 1. The molecule has 0 unspecified atom stereocenters. The first-order valence-electron chi connectivity index (χ1n) is 8.80. The monoisotopic (exact) mass is 333 g/mol. The second-order valence-electron chi connectivity index (χ2n) is 6.62. The van der Waals surface area contributed by atoms with Crippen LogP contribution < -0.4 is 0 Å². The molecule has 1 aromatic rings. The van der Waals surface area contributed by atoms with E-state index in [1.807, 2.05) is 24.1 Å². The quantitative estimate of drug-likeness (QED) is 0.786. The molecule has 2 saturated heterocycles. The fourth-order valence-electron chi connectivity index (χ4n) is 3.32. The third-order valence-corrected chi connectivity index (χ3v) is 4.98. The first kappa shape index (κ1) is 17.3. The van der Waals surface area contributed by atoms with Crippen molar-refractivity contribution in [3.8, 4) is 0 Å². The number of pyridine rings is 1. The summed E-state index contributed by atoms with van der Waals surface area (Å²) in [6, 6.07) is 3.99. The lowest BCUT2D eigenvalue weighted by molar-refractivity contribution is -0.185. The van der Waals surface area contributed by atoms with Gasteiger partial charge in [-0.1, -0.05) is 0 Å².